The van der Waals surface area contributed by atoms with E-state index in [0.717, 1.165) is 18.9 Å². The molecule has 1 aliphatic carbocycles. The number of hydrogen-bond acceptors (Lipinski definition) is 6. The summed E-state index contributed by atoms with van der Waals surface area (Å²) in [5.74, 6) is 0.546. The van der Waals surface area contributed by atoms with Gasteiger partial charge in [-0.25, -0.2) is 4.39 Å². The van der Waals surface area contributed by atoms with Crippen molar-refractivity contribution in [1.82, 2.24) is 10.1 Å². The molecule has 0 aliphatic heterocycles. The van der Waals surface area contributed by atoms with Gasteiger partial charge in [-0.2, -0.15) is 4.98 Å². The minimum absolute atomic E-state index is 0.0891. The molecule has 2 aromatic heterocycles. The standard InChI is InChI=1S/C17H14FN3O3S/c1-23-13-5-4-10(8-11(13)18)16(22)19-12-6-7-25-14(12)17-20-15(21-24-17)9-2-3-9/h4-9H,2-3H2,1H3,(H,19,22). The van der Waals surface area contributed by atoms with Crippen molar-refractivity contribution in [2.24, 2.45) is 0 Å². The number of hydrogen-bond donors (Lipinski definition) is 1. The maximum Gasteiger partial charge on any atom is 0.270 e. The van der Waals surface area contributed by atoms with Gasteiger partial charge >= 0.3 is 0 Å². The van der Waals surface area contributed by atoms with E-state index >= 15 is 0 Å². The van der Waals surface area contributed by atoms with Crippen molar-refractivity contribution in [3.8, 4) is 16.5 Å². The van der Waals surface area contributed by atoms with Crippen molar-refractivity contribution in [2.45, 2.75) is 18.8 Å². The smallest absolute Gasteiger partial charge is 0.270 e. The number of halogens is 1. The van der Waals surface area contributed by atoms with Crippen LogP contribution in [-0.2, 0) is 0 Å². The zero-order valence-electron chi connectivity index (χ0n) is 13.3. The Morgan fingerprint density at radius 2 is 2.24 bits per heavy atom. The van der Waals surface area contributed by atoms with Crippen LogP contribution in [0.4, 0.5) is 10.1 Å². The molecular weight excluding hydrogens is 345 g/mol. The van der Waals surface area contributed by atoms with Crippen LogP contribution >= 0.6 is 11.3 Å². The van der Waals surface area contributed by atoms with Gasteiger partial charge in [-0.15, -0.1) is 11.3 Å². The predicted molar refractivity (Wildman–Crippen MR) is 90.5 cm³/mol. The van der Waals surface area contributed by atoms with Crippen molar-refractivity contribution < 1.29 is 18.4 Å². The van der Waals surface area contributed by atoms with Gasteiger partial charge in [-0.3, -0.25) is 4.79 Å². The van der Waals surface area contributed by atoms with E-state index in [1.807, 2.05) is 5.38 Å². The third-order valence-electron chi connectivity index (χ3n) is 3.91. The van der Waals surface area contributed by atoms with E-state index in [9.17, 15) is 9.18 Å². The molecule has 1 aromatic carbocycles. The summed E-state index contributed by atoms with van der Waals surface area (Å²) >= 11 is 1.39. The Bertz CT molecular complexity index is 933. The van der Waals surface area contributed by atoms with Gasteiger partial charge in [0.1, 0.15) is 4.88 Å². The lowest BCUT2D eigenvalue weighted by Gasteiger charge is -2.06. The molecule has 0 atom stereocenters. The summed E-state index contributed by atoms with van der Waals surface area (Å²) in [6.45, 7) is 0. The highest BCUT2D eigenvalue weighted by Crippen LogP contribution is 2.40. The summed E-state index contributed by atoms with van der Waals surface area (Å²) < 4.78 is 23.9. The maximum absolute atomic E-state index is 13.8. The van der Waals surface area contributed by atoms with E-state index in [1.165, 1.54) is 30.6 Å². The summed E-state index contributed by atoms with van der Waals surface area (Å²) in [6.07, 6.45) is 2.16. The molecule has 8 heteroatoms. The minimum Gasteiger partial charge on any atom is -0.494 e. The molecule has 0 bridgehead atoms. The predicted octanol–water partition coefficient (Wildman–Crippen LogP) is 4.08. The van der Waals surface area contributed by atoms with Crippen molar-refractivity contribution in [3.63, 3.8) is 0 Å². The Hall–Kier alpha value is -2.74. The molecule has 0 radical (unpaired) electrons. The minimum atomic E-state index is -0.591. The van der Waals surface area contributed by atoms with Crippen LogP contribution in [0.25, 0.3) is 10.8 Å². The molecule has 2 heterocycles. The Balaban J connectivity index is 1.55. The number of carbonyl (C=O) groups is 1. The first-order valence-corrected chi connectivity index (χ1v) is 8.60. The van der Waals surface area contributed by atoms with Gasteiger partial charge in [-0.05, 0) is 42.5 Å². The highest BCUT2D eigenvalue weighted by Gasteiger charge is 2.29. The molecule has 1 amide bonds. The number of methoxy groups -OCH3 is 1. The number of thiophene rings is 1. The molecular formula is C17H14FN3O3S. The number of anilines is 1. The van der Waals surface area contributed by atoms with Gasteiger partial charge in [-0.1, -0.05) is 5.16 Å². The van der Waals surface area contributed by atoms with Gasteiger partial charge < -0.3 is 14.6 Å². The van der Waals surface area contributed by atoms with Gasteiger partial charge in [0.05, 0.1) is 12.8 Å². The third kappa shape index (κ3) is 3.12. The van der Waals surface area contributed by atoms with Crippen LogP contribution in [-0.4, -0.2) is 23.2 Å². The Kier molecular flexibility index (Phi) is 3.96. The molecule has 6 nitrogen and oxygen atoms in total. The molecule has 0 spiro atoms. The molecule has 1 aliphatic rings. The van der Waals surface area contributed by atoms with Crippen molar-refractivity contribution in [3.05, 3.63) is 46.9 Å². The van der Waals surface area contributed by atoms with E-state index in [0.29, 0.717) is 28.2 Å². The Labute approximate surface area is 146 Å². The highest BCUT2D eigenvalue weighted by molar-refractivity contribution is 7.14. The molecule has 1 fully saturated rings. The number of amides is 1. The van der Waals surface area contributed by atoms with E-state index in [1.54, 1.807) is 6.07 Å². The van der Waals surface area contributed by atoms with Crippen molar-refractivity contribution in [2.75, 3.05) is 12.4 Å². The van der Waals surface area contributed by atoms with Crippen molar-refractivity contribution in [1.29, 1.82) is 0 Å². The molecule has 0 saturated heterocycles. The maximum atomic E-state index is 13.8. The molecule has 0 unspecified atom stereocenters. The number of nitrogens with zero attached hydrogens (tertiary/aromatic N) is 2. The average molecular weight is 359 g/mol. The normalized spacial score (nSPS) is 13.7. The second-order valence-electron chi connectivity index (χ2n) is 5.70. The lowest BCUT2D eigenvalue weighted by molar-refractivity contribution is 0.102. The zero-order valence-corrected chi connectivity index (χ0v) is 14.1. The quantitative estimate of drug-likeness (QED) is 0.743. The fraction of sp³-hybridized carbons (Fsp3) is 0.235. The first-order chi connectivity index (χ1) is 12.2. The molecule has 3 aromatic rings. The molecule has 1 saturated carbocycles. The van der Waals surface area contributed by atoms with Crippen LogP contribution in [0.15, 0.2) is 34.2 Å². The molecule has 1 N–H and O–H groups in total. The number of nitrogens with one attached hydrogen (secondary N) is 1. The van der Waals surface area contributed by atoms with E-state index in [4.69, 9.17) is 9.26 Å². The number of ether oxygens (including phenoxy) is 1. The van der Waals surface area contributed by atoms with Gasteiger partial charge in [0.15, 0.2) is 17.4 Å². The van der Waals surface area contributed by atoms with Crippen LogP contribution < -0.4 is 10.1 Å². The first kappa shape index (κ1) is 15.8. The average Bonchev–Trinajstić information content (AvgIpc) is 3.16. The largest absolute Gasteiger partial charge is 0.494 e. The summed E-state index contributed by atoms with van der Waals surface area (Å²) in [5.41, 5.74) is 0.747. The molecule has 4 rings (SSSR count). The second-order valence-corrected chi connectivity index (χ2v) is 6.61. The van der Waals surface area contributed by atoms with Crippen LogP contribution in [0.5, 0.6) is 5.75 Å². The van der Waals surface area contributed by atoms with Gasteiger partial charge in [0.2, 0.25) is 0 Å². The monoisotopic (exact) mass is 359 g/mol. The van der Waals surface area contributed by atoms with Gasteiger partial charge in [0.25, 0.3) is 11.8 Å². The lowest BCUT2D eigenvalue weighted by atomic mass is 10.2. The number of rotatable bonds is 5. The van der Waals surface area contributed by atoms with Crippen LogP contribution in [0.1, 0.15) is 34.9 Å². The third-order valence-corrected chi connectivity index (χ3v) is 4.81. The summed E-state index contributed by atoms with van der Waals surface area (Å²) in [7, 11) is 1.37. The topological polar surface area (TPSA) is 77.2 Å². The van der Waals surface area contributed by atoms with E-state index < -0.39 is 11.7 Å². The first-order valence-electron chi connectivity index (χ1n) is 7.72. The van der Waals surface area contributed by atoms with Gasteiger partial charge in [0, 0.05) is 11.5 Å². The molecule has 25 heavy (non-hydrogen) atoms. The number of benzene rings is 1. The Morgan fingerprint density at radius 3 is 2.96 bits per heavy atom. The van der Waals surface area contributed by atoms with Crippen LogP contribution in [0.3, 0.4) is 0 Å². The summed E-state index contributed by atoms with van der Waals surface area (Å²) in [5, 5.41) is 8.57. The lowest BCUT2D eigenvalue weighted by Crippen LogP contribution is -2.12. The summed E-state index contributed by atoms with van der Waals surface area (Å²) in [6, 6.07) is 5.80. The zero-order chi connectivity index (χ0) is 17.4. The van der Waals surface area contributed by atoms with Crippen LogP contribution in [0.2, 0.25) is 0 Å². The van der Waals surface area contributed by atoms with Crippen molar-refractivity contribution >= 4 is 22.9 Å². The number of aromatic nitrogens is 2. The van der Waals surface area contributed by atoms with Crippen LogP contribution in [0, 0.1) is 5.82 Å². The fourth-order valence-corrected chi connectivity index (χ4v) is 3.18. The SMILES string of the molecule is COc1ccc(C(=O)Nc2ccsc2-c2nc(C3CC3)no2)cc1F. The highest BCUT2D eigenvalue weighted by atomic mass is 32.1. The molecule has 128 valence electrons. The summed E-state index contributed by atoms with van der Waals surface area (Å²) in [4.78, 5) is 17.5. The van der Waals surface area contributed by atoms with E-state index in [2.05, 4.69) is 15.5 Å². The number of carbonyl (C=O) groups excluding carboxylic acids is 1. The fourth-order valence-electron chi connectivity index (χ4n) is 2.41. The second kappa shape index (κ2) is 6.29. The van der Waals surface area contributed by atoms with E-state index in [-0.39, 0.29) is 11.3 Å². The Morgan fingerprint density at radius 1 is 1.40 bits per heavy atom.